The number of halogens is 2. The lowest BCUT2D eigenvalue weighted by Gasteiger charge is -2.40. The summed E-state index contributed by atoms with van der Waals surface area (Å²) in [5.41, 5.74) is 7.20. The molecule has 106 valence electrons. The van der Waals surface area contributed by atoms with E-state index in [2.05, 4.69) is 20.8 Å². The van der Waals surface area contributed by atoms with Crippen LogP contribution in [0.3, 0.4) is 0 Å². The molecule has 0 spiro atoms. The fourth-order valence-electron chi connectivity index (χ4n) is 2.73. The molecule has 2 N–H and O–H groups in total. The molecule has 0 radical (unpaired) electrons. The molecule has 2 atom stereocenters. The van der Waals surface area contributed by atoms with Crippen molar-refractivity contribution in [1.29, 1.82) is 0 Å². The van der Waals surface area contributed by atoms with Crippen molar-refractivity contribution in [1.82, 2.24) is 4.90 Å². The molecule has 5 heteroatoms. The van der Waals surface area contributed by atoms with E-state index in [0.29, 0.717) is 6.61 Å². The molecule has 1 aliphatic heterocycles. The van der Waals surface area contributed by atoms with Crippen molar-refractivity contribution < 1.29 is 9.13 Å². The van der Waals surface area contributed by atoms with Crippen molar-refractivity contribution in [3.8, 4) is 0 Å². The first-order valence-electron chi connectivity index (χ1n) is 6.57. The number of rotatable bonds is 4. The lowest BCUT2D eigenvalue weighted by Crippen LogP contribution is -2.47. The molecule has 1 heterocycles. The van der Waals surface area contributed by atoms with Crippen LogP contribution in [0.4, 0.5) is 4.39 Å². The Morgan fingerprint density at radius 1 is 1.53 bits per heavy atom. The van der Waals surface area contributed by atoms with Crippen molar-refractivity contribution in [3.63, 3.8) is 0 Å². The number of ether oxygens (including phenoxy) is 1. The summed E-state index contributed by atoms with van der Waals surface area (Å²) in [4.78, 5) is 2.29. The molecular weight excluding hydrogens is 311 g/mol. The number of benzene rings is 1. The predicted octanol–water partition coefficient (Wildman–Crippen LogP) is 2.70. The monoisotopic (exact) mass is 330 g/mol. The molecule has 1 aliphatic rings. The highest BCUT2D eigenvalue weighted by Gasteiger charge is 2.31. The zero-order valence-corrected chi connectivity index (χ0v) is 12.7. The van der Waals surface area contributed by atoms with Gasteiger partial charge >= 0.3 is 0 Å². The van der Waals surface area contributed by atoms with Gasteiger partial charge < -0.3 is 10.5 Å². The zero-order chi connectivity index (χ0) is 13.8. The summed E-state index contributed by atoms with van der Waals surface area (Å²) in [6.45, 7) is 2.46. The molecule has 0 saturated carbocycles. The second kappa shape index (κ2) is 6.79. The molecular formula is C14H20BrFN2O. The molecule has 0 bridgehead atoms. The first kappa shape index (κ1) is 14.9. The van der Waals surface area contributed by atoms with Crippen LogP contribution in [-0.4, -0.2) is 37.7 Å². The van der Waals surface area contributed by atoms with Crippen LogP contribution in [0.25, 0.3) is 0 Å². The van der Waals surface area contributed by atoms with Gasteiger partial charge in [-0.25, -0.2) is 4.39 Å². The summed E-state index contributed by atoms with van der Waals surface area (Å²) >= 11 is 3.51. The highest BCUT2D eigenvalue weighted by molar-refractivity contribution is 9.10. The summed E-state index contributed by atoms with van der Waals surface area (Å²) in [6.07, 6.45) is 2.05. The summed E-state index contributed by atoms with van der Waals surface area (Å²) in [5, 5.41) is 0. The fourth-order valence-corrected chi connectivity index (χ4v) is 3.21. The Morgan fingerprint density at radius 3 is 3.05 bits per heavy atom. The van der Waals surface area contributed by atoms with E-state index in [1.165, 1.54) is 6.07 Å². The van der Waals surface area contributed by atoms with E-state index in [1.807, 2.05) is 0 Å². The van der Waals surface area contributed by atoms with Crippen LogP contribution >= 0.6 is 15.9 Å². The predicted molar refractivity (Wildman–Crippen MR) is 77.5 cm³/mol. The van der Waals surface area contributed by atoms with Crippen molar-refractivity contribution in [2.24, 2.45) is 5.73 Å². The highest BCUT2D eigenvalue weighted by atomic mass is 79.9. The zero-order valence-electron chi connectivity index (χ0n) is 11.1. The van der Waals surface area contributed by atoms with Gasteiger partial charge in [-0.2, -0.15) is 0 Å². The van der Waals surface area contributed by atoms with Crippen LogP contribution < -0.4 is 5.73 Å². The molecule has 0 aromatic heterocycles. The number of likely N-dealkylation sites (tertiary alicyclic amines) is 1. The quantitative estimate of drug-likeness (QED) is 0.922. The number of piperidine rings is 1. The number of nitrogens with zero attached hydrogens (tertiary/aromatic N) is 1. The third kappa shape index (κ3) is 3.54. The van der Waals surface area contributed by atoms with Crippen LogP contribution in [-0.2, 0) is 4.74 Å². The lowest BCUT2D eigenvalue weighted by atomic mass is 9.91. The van der Waals surface area contributed by atoms with E-state index >= 15 is 0 Å². The average molecular weight is 331 g/mol. The molecule has 1 fully saturated rings. The van der Waals surface area contributed by atoms with Crippen LogP contribution in [0.1, 0.15) is 24.4 Å². The van der Waals surface area contributed by atoms with Gasteiger partial charge in [0.05, 0.1) is 12.6 Å². The fraction of sp³-hybridized carbons (Fsp3) is 0.571. The Labute approximate surface area is 122 Å². The van der Waals surface area contributed by atoms with E-state index in [9.17, 15) is 4.39 Å². The first-order valence-corrected chi connectivity index (χ1v) is 7.36. The second-order valence-corrected chi connectivity index (χ2v) is 5.80. The minimum Gasteiger partial charge on any atom is -0.383 e. The van der Waals surface area contributed by atoms with Crippen LogP contribution in [0, 0.1) is 5.82 Å². The van der Waals surface area contributed by atoms with E-state index in [4.69, 9.17) is 10.5 Å². The minimum atomic E-state index is -0.220. The smallest absolute Gasteiger partial charge is 0.123 e. The molecule has 3 nitrogen and oxygen atoms in total. The Morgan fingerprint density at radius 2 is 2.32 bits per heavy atom. The standard InChI is InChI=1S/C14H20BrFN2O/c1-19-8-7-18-6-2-3-13(17)14(18)11-9-10(16)4-5-12(11)15/h4-5,9,13-14H,2-3,6-8,17H2,1H3. The largest absolute Gasteiger partial charge is 0.383 e. The third-order valence-electron chi connectivity index (χ3n) is 3.64. The maximum Gasteiger partial charge on any atom is 0.123 e. The summed E-state index contributed by atoms with van der Waals surface area (Å²) < 4.78 is 19.6. The third-order valence-corrected chi connectivity index (χ3v) is 4.36. The van der Waals surface area contributed by atoms with Crippen molar-refractivity contribution in [2.75, 3.05) is 26.8 Å². The number of hydrogen-bond donors (Lipinski definition) is 1. The van der Waals surface area contributed by atoms with Gasteiger partial charge in [0.15, 0.2) is 0 Å². The molecule has 2 rings (SSSR count). The normalized spacial score (nSPS) is 24.6. The molecule has 1 aromatic carbocycles. The van der Waals surface area contributed by atoms with E-state index in [-0.39, 0.29) is 17.9 Å². The van der Waals surface area contributed by atoms with Gasteiger partial charge in [0.1, 0.15) is 5.82 Å². The van der Waals surface area contributed by atoms with Gasteiger partial charge in [-0.05, 0) is 43.1 Å². The van der Waals surface area contributed by atoms with E-state index in [0.717, 1.165) is 36.0 Å². The number of nitrogens with two attached hydrogens (primary N) is 1. The van der Waals surface area contributed by atoms with Crippen molar-refractivity contribution >= 4 is 15.9 Å². The SMILES string of the molecule is COCCN1CCCC(N)C1c1cc(F)ccc1Br. The average Bonchev–Trinajstić information content (AvgIpc) is 2.39. The Hall–Kier alpha value is -0.490. The lowest BCUT2D eigenvalue weighted by molar-refractivity contribution is 0.0843. The highest BCUT2D eigenvalue weighted by Crippen LogP contribution is 2.34. The first-order chi connectivity index (χ1) is 9.13. The number of methoxy groups -OCH3 is 1. The van der Waals surface area contributed by atoms with Crippen molar-refractivity contribution in [2.45, 2.75) is 24.9 Å². The molecule has 19 heavy (non-hydrogen) atoms. The summed E-state index contributed by atoms with van der Waals surface area (Å²) in [6, 6.07) is 4.87. The van der Waals surface area contributed by atoms with E-state index in [1.54, 1.807) is 19.2 Å². The van der Waals surface area contributed by atoms with Crippen LogP contribution in [0.2, 0.25) is 0 Å². The van der Waals surface area contributed by atoms with E-state index < -0.39 is 0 Å². The van der Waals surface area contributed by atoms with Gasteiger partial charge in [-0.1, -0.05) is 15.9 Å². The van der Waals surface area contributed by atoms with Crippen molar-refractivity contribution in [3.05, 3.63) is 34.1 Å². The molecule has 1 aromatic rings. The van der Waals surface area contributed by atoms with Gasteiger partial charge in [-0.15, -0.1) is 0 Å². The summed E-state index contributed by atoms with van der Waals surface area (Å²) in [5.74, 6) is -0.220. The molecule has 2 unspecified atom stereocenters. The van der Waals surface area contributed by atoms with Gasteiger partial charge in [0.2, 0.25) is 0 Å². The topological polar surface area (TPSA) is 38.5 Å². The van der Waals surface area contributed by atoms with Crippen LogP contribution in [0.15, 0.2) is 22.7 Å². The second-order valence-electron chi connectivity index (χ2n) is 4.95. The Kier molecular flexibility index (Phi) is 5.33. The maximum absolute atomic E-state index is 13.5. The van der Waals surface area contributed by atoms with Gasteiger partial charge in [-0.3, -0.25) is 4.90 Å². The summed E-state index contributed by atoms with van der Waals surface area (Å²) in [7, 11) is 1.69. The Bertz CT molecular complexity index is 430. The Balaban J connectivity index is 2.27. The molecule has 1 saturated heterocycles. The molecule has 0 amide bonds. The van der Waals surface area contributed by atoms with Crippen LogP contribution in [0.5, 0.6) is 0 Å². The molecule has 0 aliphatic carbocycles. The minimum absolute atomic E-state index is 0.0312. The van der Waals surface area contributed by atoms with Gasteiger partial charge in [0.25, 0.3) is 0 Å². The number of hydrogen-bond acceptors (Lipinski definition) is 3. The van der Waals surface area contributed by atoms with Gasteiger partial charge in [0, 0.05) is 24.2 Å². The maximum atomic E-state index is 13.5.